The number of benzene rings is 1. The molecule has 0 saturated carbocycles. The monoisotopic (exact) mass is 248 g/mol. The molecule has 88 valence electrons. The molecule has 0 aliphatic heterocycles. The van der Waals surface area contributed by atoms with Gasteiger partial charge in [0, 0.05) is 5.39 Å². The number of nitrogens with two attached hydrogens (primary N) is 1. The number of carbonyl (C=O) groups is 1. The first kappa shape index (κ1) is 11.6. The Bertz CT molecular complexity index is 577. The maximum absolute atomic E-state index is 11.9. The Hall–Kier alpha value is -1.88. The van der Waals surface area contributed by atoms with E-state index in [1.54, 1.807) is 6.92 Å². The molecule has 0 saturated heterocycles. The largest absolute Gasteiger partial charge is 0.463 e. The third-order valence-corrected chi connectivity index (χ3v) is 2.85. The number of hydrogen-bond acceptors (Lipinski definition) is 3. The van der Waals surface area contributed by atoms with Gasteiger partial charge in [0.05, 0.1) is 16.6 Å². The average Bonchev–Trinajstić information content (AvgIpc) is 2.72. The molecule has 0 spiro atoms. The van der Waals surface area contributed by atoms with Crippen molar-refractivity contribution in [2.24, 2.45) is 5.73 Å². The highest BCUT2D eigenvalue weighted by atomic mass is 32.1. The van der Waals surface area contributed by atoms with Gasteiger partial charge in [-0.25, -0.2) is 0 Å². The molecule has 4 nitrogen and oxygen atoms in total. The summed E-state index contributed by atoms with van der Waals surface area (Å²) in [5, 5.41) is 3.49. The third kappa shape index (κ3) is 2.29. The summed E-state index contributed by atoms with van der Waals surface area (Å²) in [6.07, 6.45) is 1.44. The molecule has 3 N–H and O–H groups in total. The van der Waals surface area contributed by atoms with Gasteiger partial charge in [-0.15, -0.1) is 0 Å². The lowest BCUT2D eigenvalue weighted by Crippen LogP contribution is -2.41. The molecule has 0 radical (unpaired) electrons. The molecule has 1 atom stereocenters. The summed E-state index contributed by atoms with van der Waals surface area (Å²) in [7, 11) is 0. The minimum atomic E-state index is -0.342. The van der Waals surface area contributed by atoms with Gasteiger partial charge in [-0.2, -0.15) is 0 Å². The fraction of sp³-hybridized carbons (Fsp3) is 0.167. The van der Waals surface area contributed by atoms with Gasteiger partial charge in [0.25, 0.3) is 5.91 Å². The predicted molar refractivity (Wildman–Crippen MR) is 69.9 cm³/mol. The van der Waals surface area contributed by atoms with Crippen LogP contribution in [0.5, 0.6) is 0 Å². The summed E-state index contributed by atoms with van der Waals surface area (Å²) in [4.78, 5) is 12.2. The van der Waals surface area contributed by atoms with Crippen LogP contribution in [0, 0.1) is 0 Å². The lowest BCUT2D eigenvalue weighted by molar-refractivity contribution is 0.0950. The van der Waals surface area contributed by atoms with Crippen LogP contribution in [0.1, 0.15) is 17.3 Å². The van der Waals surface area contributed by atoms with Crippen molar-refractivity contribution in [3.05, 3.63) is 36.1 Å². The van der Waals surface area contributed by atoms with Crippen LogP contribution in [0.2, 0.25) is 0 Å². The first-order chi connectivity index (χ1) is 8.09. The van der Waals surface area contributed by atoms with Gasteiger partial charge in [0.1, 0.15) is 11.8 Å². The van der Waals surface area contributed by atoms with Crippen LogP contribution in [0.3, 0.4) is 0 Å². The van der Waals surface area contributed by atoms with E-state index in [1.165, 1.54) is 6.26 Å². The van der Waals surface area contributed by atoms with Crippen molar-refractivity contribution in [3.63, 3.8) is 0 Å². The van der Waals surface area contributed by atoms with E-state index in [-0.39, 0.29) is 16.9 Å². The molecule has 17 heavy (non-hydrogen) atoms. The van der Waals surface area contributed by atoms with Crippen molar-refractivity contribution in [3.8, 4) is 0 Å². The number of carbonyl (C=O) groups excluding carboxylic acids is 1. The second kappa shape index (κ2) is 4.55. The van der Waals surface area contributed by atoms with Crippen molar-refractivity contribution in [1.82, 2.24) is 5.32 Å². The molecule has 1 aromatic carbocycles. The zero-order valence-corrected chi connectivity index (χ0v) is 10.1. The van der Waals surface area contributed by atoms with Crippen molar-refractivity contribution in [2.45, 2.75) is 13.0 Å². The van der Waals surface area contributed by atoms with Crippen LogP contribution >= 0.6 is 12.2 Å². The Morgan fingerprint density at radius 2 is 2.18 bits per heavy atom. The van der Waals surface area contributed by atoms with E-state index in [2.05, 4.69) is 5.32 Å². The van der Waals surface area contributed by atoms with E-state index >= 15 is 0 Å². The highest BCUT2D eigenvalue weighted by molar-refractivity contribution is 7.80. The molecule has 2 aromatic rings. The molecule has 2 rings (SSSR count). The first-order valence-corrected chi connectivity index (χ1v) is 5.57. The van der Waals surface area contributed by atoms with E-state index in [1.807, 2.05) is 24.3 Å². The molecule has 0 aliphatic rings. The Balaban J connectivity index is 2.28. The summed E-state index contributed by atoms with van der Waals surface area (Å²) in [5.74, 6) is -0.241. The topological polar surface area (TPSA) is 68.3 Å². The minimum absolute atomic E-state index is 0.241. The highest BCUT2D eigenvalue weighted by Crippen LogP contribution is 2.20. The minimum Gasteiger partial charge on any atom is -0.463 e. The first-order valence-electron chi connectivity index (χ1n) is 5.16. The normalized spacial score (nSPS) is 12.3. The van der Waals surface area contributed by atoms with Crippen LogP contribution in [0.4, 0.5) is 0 Å². The van der Waals surface area contributed by atoms with Gasteiger partial charge >= 0.3 is 0 Å². The lowest BCUT2D eigenvalue weighted by Gasteiger charge is -2.10. The second-order valence-electron chi connectivity index (χ2n) is 3.74. The summed E-state index contributed by atoms with van der Waals surface area (Å²) in [6, 6.07) is 7.00. The molecule has 0 aliphatic carbocycles. The van der Waals surface area contributed by atoms with Gasteiger partial charge in [0.2, 0.25) is 0 Å². The lowest BCUT2D eigenvalue weighted by atomic mass is 10.1. The maximum Gasteiger partial charge on any atom is 0.255 e. The summed E-state index contributed by atoms with van der Waals surface area (Å²) < 4.78 is 5.29. The van der Waals surface area contributed by atoms with Gasteiger partial charge in [-0.3, -0.25) is 4.79 Å². The van der Waals surface area contributed by atoms with E-state index < -0.39 is 0 Å². The third-order valence-electron chi connectivity index (χ3n) is 2.50. The molecule has 1 unspecified atom stereocenters. The summed E-state index contributed by atoms with van der Waals surface area (Å²) >= 11 is 4.80. The number of hydrogen-bond donors (Lipinski definition) is 2. The Morgan fingerprint density at radius 1 is 1.47 bits per heavy atom. The molecule has 1 aromatic heterocycles. The van der Waals surface area contributed by atoms with Gasteiger partial charge in [0.15, 0.2) is 0 Å². The van der Waals surface area contributed by atoms with E-state index in [4.69, 9.17) is 22.4 Å². The molecule has 1 amide bonds. The van der Waals surface area contributed by atoms with E-state index in [0.717, 1.165) is 5.39 Å². The molecule has 5 heteroatoms. The number of nitrogens with one attached hydrogen (secondary N) is 1. The smallest absolute Gasteiger partial charge is 0.255 e. The van der Waals surface area contributed by atoms with Crippen LogP contribution in [-0.4, -0.2) is 16.9 Å². The number of rotatable bonds is 3. The zero-order chi connectivity index (χ0) is 12.4. The molecule has 1 heterocycles. The molecule has 0 bridgehead atoms. The van der Waals surface area contributed by atoms with Crippen LogP contribution in [-0.2, 0) is 0 Å². The van der Waals surface area contributed by atoms with Crippen molar-refractivity contribution in [1.29, 1.82) is 0 Å². The quantitative estimate of drug-likeness (QED) is 0.813. The number of furan rings is 1. The SMILES string of the molecule is CC(NC(=O)c1coc2ccccc12)C(N)=S. The van der Waals surface area contributed by atoms with Crippen molar-refractivity contribution >= 4 is 34.1 Å². The zero-order valence-electron chi connectivity index (χ0n) is 9.27. The fourth-order valence-corrected chi connectivity index (χ4v) is 1.56. The Labute approximate surface area is 104 Å². The van der Waals surface area contributed by atoms with Gasteiger partial charge < -0.3 is 15.5 Å². The van der Waals surface area contributed by atoms with E-state index in [0.29, 0.717) is 11.1 Å². The maximum atomic E-state index is 11.9. The van der Waals surface area contributed by atoms with Crippen LogP contribution in [0.25, 0.3) is 11.0 Å². The Kier molecular flexibility index (Phi) is 3.10. The number of fused-ring (bicyclic) bond motifs is 1. The molecular weight excluding hydrogens is 236 g/mol. The number of para-hydroxylation sites is 1. The summed E-state index contributed by atoms with van der Waals surface area (Å²) in [6.45, 7) is 1.74. The number of amides is 1. The molecule has 0 fully saturated rings. The van der Waals surface area contributed by atoms with Gasteiger partial charge in [-0.1, -0.05) is 30.4 Å². The predicted octanol–water partition coefficient (Wildman–Crippen LogP) is 1.84. The van der Waals surface area contributed by atoms with E-state index in [9.17, 15) is 4.79 Å². The summed E-state index contributed by atoms with van der Waals surface area (Å²) in [5.41, 5.74) is 6.61. The average molecular weight is 248 g/mol. The fourth-order valence-electron chi connectivity index (χ4n) is 1.50. The van der Waals surface area contributed by atoms with Crippen LogP contribution in [0.15, 0.2) is 34.9 Å². The number of thiocarbonyl (C=S) groups is 1. The standard InChI is InChI=1S/C12H12N2O2S/c1-7(11(13)17)14-12(15)9-6-16-10-5-3-2-4-8(9)10/h2-7H,1H3,(H2,13,17)(H,14,15). The second-order valence-corrected chi connectivity index (χ2v) is 4.21. The van der Waals surface area contributed by atoms with Crippen LogP contribution < -0.4 is 11.1 Å². The Morgan fingerprint density at radius 3 is 2.88 bits per heavy atom. The van der Waals surface area contributed by atoms with Crippen molar-refractivity contribution in [2.75, 3.05) is 0 Å². The van der Waals surface area contributed by atoms with Crippen molar-refractivity contribution < 1.29 is 9.21 Å². The van der Waals surface area contributed by atoms with Gasteiger partial charge in [-0.05, 0) is 13.0 Å². The highest BCUT2D eigenvalue weighted by Gasteiger charge is 2.16. The molecular formula is C12H12N2O2S.